The van der Waals surface area contributed by atoms with Crippen molar-refractivity contribution >= 4 is 29.1 Å². The molecular formula is C18H13ClFNO3. The normalized spacial score (nSPS) is 19.8. The maximum Gasteiger partial charge on any atom is 0.262 e. The Labute approximate surface area is 142 Å². The third-order valence-corrected chi connectivity index (χ3v) is 4.21. The first-order valence-electron chi connectivity index (χ1n) is 7.16. The van der Waals surface area contributed by atoms with Crippen LogP contribution >= 0.6 is 11.6 Å². The van der Waals surface area contributed by atoms with E-state index in [0.29, 0.717) is 16.1 Å². The number of likely N-dealkylation sites (tertiary alicyclic amines) is 1. The van der Waals surface area contributed by atoms with Crippen molar-refractivity contribution in [2.75, 3.05) is 7.05 Å². The summed E-state index contributed by atoms with van der Waals surface area (Å²) in [6.07, 6.45) is 0. The number of carbonyl (C=O) groups excluding carboxylic acids is 2. The molecule has 1 N–H and O–H groups in total. The van der Waals surface area contributed by atoms with Gasteiger partial charge in [-0.3, -0.25) is 9.59 Å². The standard InChI is InChI=1S/C18H13ClFNO3/c1-21-15(10-4-8-13(20)9-5-10)17(23)14(18(21)24)16(22)11-2-6-12(19)7-3-11/h2-9,15,22H,1H3/b16-14+. The third kappa shape index (κ3) is 2.67. The summed E-state index contributed by atoms with van der Waals surface area (Å²) < 4.78 is 13.1. The van der Waals surface area contributed by atoms with E-state index in [2.05, 4.69) is 0 Å². The molecule has 0 radical (unpaired) electrons. The zero-order valence-electron chi connectivity index (χ0n) is 12.7. The average molecular weight is 346 g/mol. The molecule has 1 unspecified atom stereocenters. The minimum Gasteiger partial charge on any atom is -0.506 e. The van der Waals surface area contributed by atoms with Gasteiger partial charge in [0.2, 0.25) is 0 Å². The number of hydrogen-bond acceptors (Lipinski definition) is 3. The van der Waals surface area contributed by atoms with Crippen LogP contribution in [0.2, 0.25) is 5.02 Å². The van der Waals surface area contributed by atoms with Crippen molar-refractivity contribution in [1.29, 1.82) is 0 Å². The van der Waals surface area contributed by atoms with Crippen LogP contribution in [0.25, 0.3) is 5.76 Å². The van der Waals surface area contributed by atoms with Gasteiger partial charge in [-0.15, -0.1) is 0 Å². The molecule has 122 valence electrons. The quantitative estimate of drug-likeness (QED) is 0.514. The zero-order chi connectivity index (χ0) is 17.4. The highest BCUT2D eigenvalue weighted by Gasteiger charge is 2.44. The van der Waals surface area contributed by atoms with E-state index in [4.69, 9.17) is 11.6 Å². The molecule has 2 aromatic carbocycles. The molecule has 6 heteroatoms. The molecule has 0 aromatic heterocycles. The van der Waals surface area contributed by atoms with Crippen LogP contribution in [0.5, 0.6) is 0 Å². The number of aliphatic hydroxyl groups excluding tert-OH is 1. The van der Waals surface area contributed by atoms with E-state index in [1.807, 2.05) is 0 Å². The summed E-state index contributed by atoms with van der Waals surface area (Å²) in [5.74, 6) is -1.93. The molecule has 2 aromatic rings. The fourth-order valence-corrected chi connectivity index (χ4v) is 2.83. The molecule has 1 heterocycles. The molecule has 1 aliphatic rings. The van der Waals surface area contributed by atoms with Crippen LogP contribution in [0.4, 0.5) is 4.39 Å². The van der Waals surface area contributed by atoms with Crippen LogP contribution in [0, 0.1) is 5.82 Å². The Morgan fingerprint density at radius 1 is 1.08 bits per heavy atom. The first kappa shape index (κ1) is 16.2. The van der Waals surface area contributed by atoms with E-state index in [1.165, 1.54) is 48.3 Å². The summed E-state index contributed by atoms with van der Waals surface area (Å²) in [4.78, 5) is 26.4. The van der Waals surface area contributed by atoms with Gasteiger partial charge in [-0.2, -0.15) is 0 Å². The molecule has 0 spiro atoms. The number of benzene rings is 2. The van der Waals surface area contributed by atoms with Crippen LogP contribution in [-0.4, -0.2) is 28.7 Å². The zero-order valence-corrected chi connectivity index (χ0v) is 13.4. The molecule has 1 amide bonds. The SMILES string of the molecule is CN1C(=O)/C(=C(/O)c2ccc(Cl)cc2)C(=O)C1c1ccc(F)cc1. The van der Waals surface area contributed by atoms with Crippen LogP contribution in [0.15, 0.2) is 54.1 Å². The third-order valence-electron chi connectivity index (χ3n) is 3.96. The highest BCUT2D eigenvalue weighted by atomic mass is 35.5. The summed E-state index contributed by atoms with van der Waals surface area (Å²) in [6.45, 7) is 0. The Morgan fingerprint density at radius 2 is 1.67 bits per heavy atom. The van der Waals surface area contributed by atoms with Gasteiger partial charge in [0, 0.05) is 17.6 Å². The lowest BCUT2D eigenvalue weighted by atomic mass is 9.99. The molecule has 1 saturated heterocycles. The molecule has 1 fully saturated rings. The van der Waals surface area contributed by atoms with Crippen molar-refractivity contribution in [3.63, 3.8) is 0 Å². The van der Waals surface area contributed by atoms with Crippen LogP contribution < -0.4 is 0 Å². The lowest BCUT2D eigenvalue weighted by Gasteiger charge is -2.17. The van der Waals surface area contributed by atoms with E-state index in [-0.39, 0.29) is 5.57 Å². The molecule has 24 heavy (non-hydrogen) atoms. The number of amides is 1. The van der Waals surface area contributed by atoms with Crippen molar-refractivity contribution in [1.82, 2.24) is 4.90 Å². The van der Waals surface area contributed by atoms with Gasteiger partial charge < -0.3 is 10.0 Å². The van der Waals surface area contributed by atoms with E-state index in [0.717, 1.165) is 0 Å². The Hall–Kier alpha value is -2.66. The largest absolute Gasteiger partial charge is 0.506 e. The van der Waals surface area contributed by atoms with E-state index < -0.39 is 29.3 Å². The fraction of sp³-hybridized carbons (Fsp3) is 0.111. The number of ketones is 1. The predicted octanol–water partition coefficient (Wildman–Crippen LogP) is 3.53. The van der Waals surface area contributed by atoms with Crippen LogP contribution in [-0.2, 0) is 9.59 Å². The monoisotopic (exact) mass is 345 g/mol. The van der Waals surface area contributed by atoms with E-state index >= 15 is 0 Å². The highest BCUT2D eigenvalue weighted by Crippen LogP contribution is 2.35. The lowest BCUT2D eigenvalue weighted by Crippen LogP contribution is -2.24. The minimum atomic E-state index is -0.887. The molecule has 3 rings (SSSR count). The van der Waals surface area contributed by atoms with Gasteiger partial charge in [0.1, 0.15) is 23.2 Å². The van der Waals surface area contributed by atoms with Crippen molar-refractivity contribution < 1.29 is 19.1 Å². The molecule has 0 saturated carbocycles. The second-order valence-corrected chi connectivity index (χ2v) is 5.90. The summed E-state index contributed by atoms with van der Waals surface area (Å²) in [5.41, 5.74) is 0.523. The van der Waals surface area contributed by atoms with Gasteiger partial charge in [0.05, 0.1) is 0 Å². The van der Waals surface area contributed by atoms with Gasteiger partial charge in [-0.25, -0.2) is 4.39 Å². The molecule has 1 atom stereocenters. The van der Waals surface area contributed by atoms with Gasteiger partial charge in [-0.05, 0) is 42.0 Å². The van der Waals surface area contributed by atoms with Gasteiger partial charge in [-0.1, -0.05) is 23.7 Å². The summed E-state index contributed by atoms with van der Waals surface area (Å²) in [5, 5.41) is 10.9. The van der Waals surface area contributed by atoms with Gasteiger partial charge >= 0.3 is 0 Å². The number of hydrogen-bond donors (Lipinski definition) is 1. The summed E-state index contributed by atoms with van der Waals surface area (Å²) in [7, 11) is 1.47. The van der Waals surface area contributed by atoms with E-state index in [1.54, 1.807) is 12.1 Å². The van der Waals surface area contributed by atoms with Crippen LogP contribution in [0.3, 0.4) is 0 Å². The van der Waals surface area contributed by atoms with Crippen molar-refractivity contribution in [3.05, 3.63) is 76.1 Å². The first-order chi connectivity index (χ1) is 11.4. The Morgan fingerprint density at radius 3 is 2.25 bits per heavy atom. The molecule has 0 aliphatic carbocycles. The van der Waals surface area contributed by atoms with Gasteiger partial charge in [0.25, 0.3) is 5.91 Å². The maximum atomic E-state index is 13.1. The molecular weight excluding hydrogens is 333 g/mol. The maximum absolute atomic E-state index is 13.1. The second kappa shape index (κ2) is 6.09. The van der Waals surface area contributed by atoms with E-state index in [9.17, 15) is 19.1 Å². The average Bonchev–Trinajstić information content (AvgIpc) is 2.78. The smallest absolute Gasteiger partial charge is 0.262 e. The topological polar surface area (TPSA) is 57.6 Å². The lowest BCUT2D eigenvalue weighted by molar-refractivity contribution is -0.125. The second-order valence-electron chi connectivity index (χ2n) is 5.46. The number of halogens is 2. The summed E-state index contributed by atoms with van der Waals surface area (Å²) in [6, 6.07) is 10.6. The van der Waals surface area contributed by atoms with Crippen molar-refractivity contribution in [2.45, 2.75) is 6.04 Å². The van der Waals surface area contributed by atoms with Gasteiger partial charge in [0.15, 0.2) is 5.78 Å². The molecule has 4 nitrogen and oxygen atoms in total. The number of nitrogens with zero attached hydrogens (tertiary/aromatic N) is 1. The first-order valence-corrected chi connectivity index (χ1v) is 7.54. The number of carbonyl (C=O) groups is 2. The number of likely N-dealkylation sites (N-methyl/N-ethyl adjacent to an activating group) is 1. The Kier molecular flexibility index (Phi) is 4.11. The Balaban J connectivity index is 2.05. The van der Waals surface area contributed by atoms with Crippen molar-refractivity contribution in [3.8, 4) is 0 Å². The molecule has 1 aliphatic heterocycles. The minimum absolute atomic E-state index is 0.283. The number of aliphatic hydroxyl groups is 1. The summed E-state index contributed by atoms with van der Waals surface area (Å²) >= 11 is 5.80. The molecule has 0 bridgehead atoms. The predicted molar refractivity (Wildman–Crippen MR) is 87.9 cm³/mol. The number of rotatable bonds is 2. The highest BCUT2D eigenvalue weighted by molar-refractivity contribution is 6.31. The Bertz CT molecular complexity index is 844. The van der Waals surface area contributed by atoms with Crippen LogP contribution in [0.1, 0.15) is 17.2 Å². The van der Waals surface area contributed by atoms with Crippen molar-refractivity contribution in [2.24, 2.45) is 0 Å². The number of Topliss-reactive ketones (excluding diaryl/α,β-unsaturated/α-hetero) is 1. The fourth-order valence-electron chi connectivity index (χ4n) is 2.70.